The van der Waals surface area contributed by atoms with Gasteiger partial charge in [-0.3, -0.25) is 5.41 Å². The van der Waals surface area contributed by atoms with E-state index < -0.39 is 6.16 Å². The average molecular weight is 967 g/mol. The molecular weight excluding hydrogens is 907 g/mol. The summed E-state index contributed by atoms with van der Waals surface area (Å²) in [6, 6.07) is 19.2. The number of benzene rings is 3. The normalized spacial score (nSPS) is 30.4. The first kappa shape index (κ1) is 41.6. The van der Waals surface area contributed by atoms with Gasteiger partial charge < -0.3 is 26.1 Å². The van der Waals surface area contributed by atoms with Crippen LogP contribution in [0.25, 0.3) is 10.8 Å². The quantitative estimate of drug-likeness (QED) is 0.0548. The van der Waals surface area contributed by atoms with Crippen molar-refractivity contribution in [3.63, 3.8) is 0 Å². The topological polar surface area (TPSA) is 81.0 Å². The third kappa shape index (κ3) is 8.09. The molecule has 3 fully saturated rings. The second-order valence-corrected chi connectivity index (χ2v) is 18.1. The van der Waals surface area contributed by atoms with E-state index in [0.29, 0.717) is 39.5 Å². The molecule has 4 aliphatic rings. The third-order valence-corrected chi connectivity index (χ3v) is 14.6. The Morgan fingerprint density at radius 2 is 1.67 bits per heavy atom. The van der Waals surface area contributed by atoms with Gasteiger partial charge in [-0.05, 0) is 121 Å². The van der Waals surface area contributed by atoms with E-state index >= 15 is 0 Å². The van der Waals surface area contributed by atoms with Gasteiger partial charge in [-0.1, -0.05) is 84.6 Å². The van der Waals surface area contributed by atoms with E-state index in [9.17, 15) is 4.79 Å². The van der Waals surface area contributed by atoms with Crippen molar-refractivity contribution in [1.29, 1.82) is 5.41 Å². The predicted molar refractivity (Wildman–Crippen MR) is 219 cm³/mol. The fourth-order valence-corrected chi connectivity index (χ4v) is 12.0. The fourth-order valence-electron chi connectivity index (χ4n) is 12.0. The Hall–Kier alpha value is -3.01. The summed E-state index contributed by atoms with van der Waals surface area (Å²) in [6.45, 7) is 18.8. The Morgan fingerprint density at radius 3 is 2.40 bits per heavy atom. The fraction of sp³-hybridized carbons (Fsp3) is 0.542. The standard InChI is InChI=1S/C48H60N2O4.U/c1-8-50-41-17-11-14-37-38(41)15-10-16-39(37)44(49)52-34-18-20-35(21-19-34)53-45(51)54-36-25-28-46(5)33(30-36)24-27-48(7)42-23-22-40(32(4)13-9-12-31(2)3)47(42,6)29-26-43(46)48;/h8,10-11,14-16,18-21,24,31-32,36,40,42-43,49H,1,9,12-13,22-23,25-30H2,2-7H3;/q-2;+2/t32-,36+,40-,42-,43-,46+,47-,48+;/m1./s1. The summed E-state index contributed by atoms with van der Waals surface area (Å²) >= 11 is 0. The van der Waals surface area contributed by atoms with Crippen LogP contribution in [0.3, 0.4) is 0 Å². The van der Waals surface area contributed by atoms with E-state index in [1.165, 1.54) is 56.7 Å². The van der Waals surface area contributed by atoms with E-state index in [1.807, 2.05) is 24.3 Å². The van der Waals surface area contributed by atoms with Crippen LogP contribution in [-0.2, 0) is 4.74 Å². The molecule has 7 heteroatoms. The first-order valence-electron chi connectivity index (χ1n) is 20.6. The van der Waals surface area contributed by atoms with Crippen LogP contribution in [-0.4, -0.2) is 24.4 Å². The molecular formula is C48H60N2O4U. The van der Waals surface area contributed by atoms with Crippen molar-refractivity contribution in [3.05, 3.63) is 84.8 Å². The number of allylic oxidation sites excluding steroid dienone is 1. The first-order valence-corrected chi connectivity index (χ1v) is 20.6. The molecule has 0 saturated heterocycles. The van der Waals surface area contributed by atoms with E-state index in [1.54, 1.807) is 30.3 Å². The van der Waals surface area contributed by atoms with Gasteiger partial charge in [0.25, 0.3) is 0 Å². The van der Waals surface area contributed by atoms with E-state index in [2.05, 4.69) is 65.6 Å². The number of hydrogen-bond donors (Lipinski definition) is 1. The number of aliphatic imine (C=N–C) groups is 1. The van der Waals surface area contributed by atoms with Crippen molar-refractivity contribution < 1.29 is 50.1 Å². The smallest absolute Gasteiger partial charge is 0.439 e. The Morgan fingerprint density at radius 1 is 0.927 bits per heavy atom. The van der Waals surface area contributed by atoms with Crippen molar-refractivity contribution in [3.8, 4) is 11.5 Å². The molecule has 8 atom stereocenters. The van der Waals surface area contributed by atoms with Crippen LogP contribution in [0.5, 0.6) is 11.5 Å². The van der Waals surface area contributed by atoms with Crippen molar-refractivity contribution in [2.24, 2.45) is 50.8 Å². The molecule has 7 rings (SSSR count). The monoisotopic (exact) mass is 967 g/mol. The zero-order valence-corrected chi connectivity index (χ0v) is 38.0. The summed E-state index contributed by atoms with van der Waals surface area (Å²) in [5.41, 5.74) is 3.74. The SMILES string of the molecule is [CH2-]C=Nc1[c-]ccc2c(C(=N)Oc3ccc(OC(=O)O[C@H]4CC[C@@]5(C)C(=CC[C@@]6(C)[C@@H]7CC[C@H]([C@H](C)CCCC(C)C)[C@@]7(C)CC[C@@H]65)C4)cc3)cccc12.[U+2]. The first-order chi connectivity index (χ1) is 25.9. The van der Waals surface area contributed by atoms with Gasteiger partial charge >= 0.3 is 37.3 Å². The summed E-state index contributed by atoms with van der Waals surface area (Å²) in [4.78, 5) is 17.3. The van der Waals surface area contributed by atoms with E-state index in [4.69, 9.17) is 19.6 Å². The molecule has 0 aliphatic heterocycles. The average Bonchev–Trinajstić information content (AvgIpc) is 3.51. The van der Waals surface area contributed by atoms with E-state index in [0.717, 1.165) is 60.1 Å². The van der Waals surface area contributed by atoms with Crippen molar-refractivity contribution in [1.82, 2.24) is 0 Å². The summed E-state index contributed by atoms with van der Waals surface area (Å²) in [5.74, 6) is 4.76. The van der Waals surface area contributed by atoms with Crippen LogP contribution >= 0.6 is 0 Å². The van der Waals surface area contributed by atoms with Crippen molar-refractivity contribution >= 4 is 34.7 Å². The molecule has 4 aliphatic carbocycles. The molecule has 0 amide bonds. The Bertz CT molecular complexity index is 1920. The van der Waals surface area contributed by atoms with Crippen LogP contribution in [0.15, 0.2) is 71.2 Å². The van der Waals surface area contributed by atoms with Gasteiger partial charge in [0.1, 0.15) is 17.6 Å². The zero-order chi connectivity index (χ0) is 38.3. The summed E-state index contributed by atoms with van der Waals surface area (Å²) in [6.07, 6.45) is 16.6. The zero-order valence-electron chi connectivity index (χ0n) is 33.9. The van der Waals surface area contributed by atoms with Gasteiger partial charge in [0.15, 0.2) is 0 Å². The number of carbonyl (C=O) groups is 1. The minimum atomic E-state index is -0.674. The van der Waals surface area contributed by atoms with Crippen molar-refractivity contribution in [2.45, 2.75) is 118 Å². The molecule has 1 N–H and O–H groups in total. The minimum Gasteiger partial charge on any atom is -0.439 e. The number of nitrogens with one attached hydrogen (secondary N) is 1. The molecule has 0 aromatic heterocycles. The molecule has 0 bridgehead atoms. The number of rotatable bonds is 10. The van der Waals surface area contributed by atoms with Crippen LogP contribution in [0.4, 0.5) is 10.5 Å². The van der Waals surface area contributed by atoms with Gasteiger partial charge in [-0.25, -0.2) is 4.79 Å². The molecule has 0 unspecified atom stereocenters. The Balaban J connectivity index is 0.00000514. The predicted octanol–water partition coefficient (Wildman–Crippen LogP) is 12.9. The number of hydrogen-bond acceptors (Lipinski definition) is 6. The Kier molecular flexibility index (Phi) is 12.7. The van der Waals surface area contributed by atoms with Gasteiger partial charge in [-0.15, -0.1) is 23.1 Å². The summed E-state index contributed by atoms with van der Waals surface area (Å²) in [7, 11) is 0. The largest absolute Gasteiger partial charge is 2.00 e. The van der Waals surface area contributed by atoms with Crippen LogP contribution in [0, 0.1) is 95.3 Å². The molecule has 6 nitrogen and oxygen atoms in total. The number of nitrogens with zero attached hydrogens (tertiary/aromatic N) is 1. The molecule has 0 heterocycles. The van der Waals surface area contributed by atoms with Gasteiger partial charge in [0, 0.05) is 12.0 Å². The van der Waals surface area contributed by atoms with Gasteiger partial charge in [-0.2, -0.15) is 18.2 Å². The summed E-state index contributed by atoms with van der Waals surface area (Å²) in [5, 5.41) is 10.4. The third-order valence-electron chi connectivity index (χ3n) is 14.6. The number of fused-ring (bicyclic) bond motifs is 6. The molecule has 3 saturated carbocycles. The second kappa shape index (κ2) is 16.8. The summed E-state index contributed by atoms with van der Waals surface area (Å²) < 4.78 is 17.5. The molecule has 3 aromatic rings. The maximum absolute atomic E-state index is 13.0. The van der Waals surface area contributed by atoms with Crippen LogP contribution in [0.1, 0.15) is 118 Å². The Labute approximate surface area is 353 Å². The van der Waals surface area contributed by atoms with E-state index in [-0.39, 0.29) is 48.5 Å². The molecule has 55 heavy (non-hydrogen) atoms. The number of carbonyl (C=O) groups excluding carboxylic acids is 1. The van der Waals surface area contributed by atoms with Gasteiger partial charge in [0.05, 0.1) is 0 Å². The van der Waals surface area contributed by atoms with Crippen LogP contribution in [0.2, 0.25) is 0 Å². The van der Waals surface area contributed by atoms with Crippen molar-refractivity contribution in [2.75, 3.05) is 0 Å². The second-order valence-electron chi connectivity index (χ2n) is 18.1. The maximum Gasteiger partial charge on any atom is 2.00 e. The number of ether oxygens (including phenoxy) is 3. The van der Waals surface area contributed by atoms with Gasteiger partial charge in [0.2, 0.25) is 5.90 Å². The van der Waals surface area contributed by atoms with Crippen LogP contribution < -0.4 is 9.47 Å². The molecule has 3 aromatic carbocycles. The molecule has 0 spiro atoms. The molecule has 0 radical (unpaired) electrons. The molecule has 290 valence electrons. The maximum atomic E-state index is 13.0. The minimum absolute atomic E-state index is 0.